The second kappa shape index (κ2) is 4.65. The molecule has 0 N–H and O–H groups in total. The molecule has 0 saturated heterocycles. The predicted molar refractivity (Wildman–Crippen MR) is 68.8 cm³/mol. The van der Waals surface area contributed by atoms with Gasteiger partial charge in [0.2, 0.25) is 0 Å². The van der Waals surface area contributed by atoms with E-state index >= 15 is 0 Å². The smallest absolute Gasteiger partial charge is 0.150 e. The average molecular weight is 216 g/mol. The highest BCUT2D eigenvalue weighted by molar-refractivity contribution is 5.77. The molecule has 1 nitrogen and oxygen atoms in total. The molecule has 0 fully saturated rings. The molecule has 1 aromatic carbocycles. The van der Waals surface area contributed by atoms with Gasteiger partial charge in [-0.05, 0) is 23.8 Å². The highest BCUT2D eigenvalue weighted by Crippen LogP contribution is 2.41. The van der Waals surface area contributed by atoms with Crippen molar-refractivity contribution in [2.75, 3.05) is 0 Å². The first-order valence-electron chi connectivity index (χ1n) is 5.61. The number of rotatable bonds is 4. The lowest BCUT2D eigenvalue weighted by atomic mass is 9.71. The summed E-state index contributed by atoms with van der Waals surface area (Å²) in [5, 5.41) is 0. The van der Waals surface area contributed by atoms with Crippen molar-refractivity contribution in [3.63, 3.8) is 0 Å². The zero-order chi connectivity index (χ0) is 12.3. The van der Waals surface area contributed by atoms with Crippen molar-refractivity contribution in [1.82, 2.24) is 0 Å². The first-order valence-corrected chi connectivity index (χ1v) is 5.61. The number of aldehydes is 1. The van der Waals surface area contributed by atoms with Crippen LogP contribution in [0.5, 0.6) is 0 Å². The molecule has 0 saturated carbocycles. The Morgan fingerprint density at radius 3 is 2.44 bits per heavy atom. The Labute approximate surface area is 98.2 Å². The Morgan fingerprint density at radius 2 is 1.94 bits per heavy atom. The van der Waals surface area contributed by atoms with E-state index in [1.807, 2.05) is 31.2 Å². The summed E-state index contributed by atoms with van der Waals surface area (Å²) >= 11 is 0. The second-order valence-corrected chi connectivity index (χ2v) is 4.97. The van der Waals surface area contributed by atoms with E-state index in [2.05, 4.69) is 27.4 Å². The van der Waals surface area contributed by atoms with Gasteiger partial charge in [-0.25, -0.2) is 0 Å². The Bertz CT molecular complexity index is 402. The van der Waals surface area contributed by atoms with Gasteiger partial charge in [0.1, 0.15) is 6.29 Å². The molecule has 1 rings (SSSR count). The van der Waals surface area contributed by atoms with Crippen LogP contribution >= 0.6 is 0 Å². The fourth-order valence-electron chi connectivity index (χ4n) is 1.77. The number of carbonyl (C=O) groups is 1. The first-order chi connectivity index (χ1) is 7.41. The molecule has 0 aliphatic rings. The zero-order valence-corrected chi connectivity index (χ0v) is 10.6. The van der Waals surface area contributed by atoms with Crippen LogP contribution in [0.3, 0.4) is 0 Å². The lowest BCUT2D eigenvalue weighted by molar-refractivity contribution is 0.112. The van der Waals surface area contributed by atoms with Crippen molar-refractivity contribution in [1.29, 1.82) is 0 Å². The van der Waals surface area contributed by atoms with Crippen LogP contribution in [0.25, 0.3) is 0 Å². The van der Waals surface area contributed by atoms with Crippen LogP contribution in [-0.4, -0.2) is 6.29 Å². The normalized spacial score (nSPS) is 13.2. The van der Waals surface area contributed by atoms with Gasteiger partial charge in [-0.3, -0.25) is 4.79 Å². The third-order valence-electron chi connectivity index (χ3n) is 3.77. The quantitative estimate of drug-likeness (QED) is 0.544. The van der Waals surface area contributed by atoms with Gasteiger partial charge in [0.05, 0.1) is 0 Å². The van der Waals surface area contributed by atoms with Gasteiger partial charge in [-0.15, -0.1) is 0 Å². The van der Waals surface area contributed by atoms with Crippen molar-refractivity contribution in [3.8, 4) is 0 Å². The van der Waals surface area contributed by atoms with E-state index in [1.54, 1.807) is 0 Å². The van der Waals surface area contributed by atoms with Crippen LogP contribution in [0.4, 0.5) is 0 Å². The van der Waals surface area contributed by atoms with Crippen LogP contribution < -0.4 is 0 Å². The summed E-state index contributed by atoms with van der Waals surface area (Å²) < 4.78 is 0. The Hall–Kier alpha value is -1.37. The van der Waals surface area contributed by atoms with Crippen molar-refractivity contribution in [2.45, 2.75) is 33.6 Å². The van der Waals surface area contributed by atoms with E-state index in [1.165, 1.54) is 0 Å². The molecule has 0 amide bonds. The fraction of sp³-hybridized carbons (Fsp3) is 0.400. The Kier molecular flexibility index (Phi) is 3.69. The van der Waals surface area contributed by atoms with Gasteiger partial charge < -0.3 is 0 Å². The molecule has 0 aromatic heterocycles. The minimum Gasteiger partial charge on any atom is -0.298 e. The van der Waals surface area contributed by atoms with Crippen LogP contribution in [0, 0.1) is 5.41 Å². The monoisotopic (exact) mass is 216 g/mol. The van der Waals surface area contributed by atoms with E-state index in [0.29, 0.717) is 0 Å². The van der Waals surface area contributed by atoms with Crippen LogP contribution in [0.1, 0.15) is 49.5 Å². The van der Waals surface area contributed by atoms with Gasteiger partial charge in [-0.2, -0.15) is 0 Å². The maximum absolute atomic E-state index is 11.0. The summed E-state index contributed by atoms with van der Waals surface area (Å²) in [4.78, 5) is 11.0. The molecule has 0 aliphatic carbocycles. The molecule has 0 heterocycles. The third-order valence-corrected chi connectivity index (χ3v) is 3.77. The molecule has 16 heavy (non-hydrogen) atoms. The molecule has 0 spiro atoms. The van der Waals surface area contributed by atoms with Crippen LogP contribution in [0.2, 0.25) is 0 Å². The minimum atomic E-state index is -0.000880. The van der Waals surface area contributed by atoms with Crippen LogP contribution in [-0.2, 0) is 0 Å². The standard InChI is InChI=1S/C15H20O/c1-11(2)15(4,5)12(3)14-9-7-6-8-13(14)10-16/h6-10,12H,1H2,2-5H3. The second-order valence-electron chi connectivity index (χ2n) is 4.97. The van der Waals surface area contributed by atoms with E-state index in [9.17, 15) is 4.79 Å². The molecular formula is C15H20O. The topological polar surface area (TPSA) is 17.1 Å². The average Bonchev–Trinajstić information content (AvgIpc) is 2.27. The summed E-state index contributed by atoms with van der Waals surface area (Å²) in [6.07, 6.45) is 0.931. The maximum Gasteiger partial charge on any atom is 0.150 e. The number of allylic oxidation sites excluding steroid dienone is 1. The lowest BCUT2D eigenvalue weighted by Crippen LogP contribution is -2.21. The number of carbonyl (C=O) groups excluding carboxylic acids is 1. The van der Waals surface area contributed by atoms with E-state index in [0.717, 1.165) is 23.0 Å². The van der Waals surface area contributed by atoms with Gasteiger partial charge >= 0.3 is 0 Å². The predicted octanol–water partition coefficient (Wildman–Crippen LogP) is 4.20. The molecule has 1 heteroatoms. The molecule has 86 valence electrons. The number of hydrogen-bond donors (Lipinski definition) is 0. The molecule has 0 aliphatic heterocycles. The lowest BCUT2D eigenvalue weighted by Gasteiger charge is -2.33. The van der Waals surface area contributed by atoms with Crippen molar-refractivity contribution < 1.29 is 4.79 Å². The Balaban J connectivity index is 3.19. The highest BCUT2D eigenvalue weighted by atomic mass is 16.1. The van der Waals surface area contributed by atoms with Crippen molar-refractivity contribution in [2.24, 2.45) is 5.41 Å². The van der Waals surface area contributed by atoms with Gasteiger partial charge in [0, 0.05) is 5.56 Å². The summed E-state index contributed by atoms with van der Waals surface area (Å²) in [7, 11) is 0. The fourth-order valence-corrected chi connectivity index (χ4v) is 1.77. The van der Waals surface area contributed by atoms with Crippen molar-refractivity contribution >= 4 is 6.29 Å². The summed E-state index contributed by atoms with van der Waals surface area (Å²) in [5.41, 5.74) is 3.02. The van der Waals surface area contributed by atoms with E-state index in [4.69, 9.17) is 0 Å². The SMILES string of the molecule is C=C(C)C(C)(C)C(C)c1ccccc1C=O. The minimum absolute atomic E-state index is 0.000880. The van der Waals surface area contributed by atoms with Gasteiger partial charge in [0.15, 0.2) is 0 Å². The number of hydrogen-bond acceptors (Lipinski definition) is 1. The van der Waals surface area contributed by atoms with Crippen LogP contribution in [0.15, 0.2) is 36.4 Å². The molecule has 1 aromatic rings. The largest absolute Gasteiger partial charge is 0.298 e. The molecule has 0 bridgehead atoms. The first kappa shape index (κ1) is 12.7. The highest BCUT2D eigenvalue weighted by Gasteiger charge is 2.28. The summed E-state index contributed by atoms with van der Waals surface area (Å²) in [6.45, 7) is 12.6. The summed E-state index contributed by atoms with van der Waals surface area (Å²) in [6, 6.07) is 7.77. The van der Waals surface area contributed by atoms with Gasteiger partial charge in [0.25, 0.3) is 0 Å². The van der Waals surface area contributed by atoms with E-state index in [-0.39, 0.29) is 11.3 Å². The summed E-state index contributed by atoms with van der Waals surface area (Å²) in [5.74, 6) is 0.284. The molecule has 0 radical (unpaired) electrons. The third kappa shape index (κ3) is 2.24. The molecular weight excluding hydrogens is 196 g/mol. The van der Waals surface area contributed by atoms with Gasteiger partial charge in [-0.1, -0.05) is 57.2 Å². The number of benzene rings is 1. The van der Waals surface area contributed by atoms with E-state index < -0.39 is 0 Å². The zero-order valence-electron chi connectivity index (χ0n) is 10.6. The molecule has 1 unspecified atom stereocenters. The van der Waals surface area contributed by atoms with Crippen molar-refractivity contribution in [3.05, 3.63) is 47.5 Å². The Morgan fingerprint density at radius 1 is 1.38 bits per heavy atom. The maximum atomic E-state index is 11.0. The molecule has 1 atom stereocenters.